The molecule has 14 heavy (non-hydrogen) atoms. The number of hydrogen-bond donors (Lipinski definition) is 1. The average molecular weight is 187 g/mol. The molecule has 0 spiro atoms. The van der Waals surface area contributed by atoms with Crippen LogP contribution in [-0.2, 0) is 12.8 Å². The lowest BCUT2D eigenvalue weighted by atomic mass is 10.1. The first-order valence-electron chi connectivity index (χ1n) is 4.82. The number of nitrogens with one attached hydrogen (secondary N) is 1. The quantitative estimate of drug-likeness (QED) is 0.798. The molecule has 3 nitrogen and oxygen atoms in total. The lowest BCUT2D eigenvalue weighted by Crippen LogP contribution is -1.93. The molecule has 0 aliphatic rings. The third-order valence-electron chi connectivity index (χ3n) is 2.25. The third kappa shape index (κ3) is 1.82. The third-order valence-corrected chi connectivity index (χ3v) is 2.25. The Morgan fingerprint density at radius 1 is 1.07 bits per heavy atom. The van der Waals surface area contributed by atoms with Crippen molar-refractivity contribution in [1.29, 1.82) is 0 Å². The molecule has 1 aromatic heterocycles. The highest BCUT2D eigenvalue weighted by Gasteiger charge is 2.05. The van der Waals surface area contributed by atoms with Crippen molar-refractivity contribution in [2.24, 2.45) is 0 Å². The minimum atomic E-state index is 0.862. The number of H-pyrrole nitrogens is 1. The summed E-state index contributed by atoms with van der Waals surface area (Å²) in [4.78, 5) is 0. The van der Waals surface area contributed by atoms with Crippen LogP contribution in [0.2, 0.25) is 0 Å². The molecule has 0 amide bonds. The predicted octanol–water partition coefficient (Wildman–Crippen LogP) is 1.96. The maximum Gasteiger partial charge on any atom is 0.0900 e. The molecule has 0 fully saturated rings. The van der Waals surface area contributed by atoms with E-state index in [-0.39, 0.29) is 0 Å². The smallest absolute Gasteiger partial charge is 0.0900 e. The van der Waals surface area contributed by atoms with E-state index in [4.69, 9.17) is 0 Å². The van der Waals surface area contributed by atoms with Crippen LogP contribution in [-0.4, -0.2) is 15.4 Å². The van der Waals surface area contributed by atoms with Gasteiger partial charge in [-0.2, -0.15) is 15.4 Å². The second kappa shape index (κ2) is 4.05. The molecule has 0 atom stereocenters. The molecule has 0 aliphatic carbocycles. The topological polar surface area (TPSA) is 41.6 Å². The Labute approximate surface area is 83.2 Å². The Balaban J connectivity index is 2.19. The summed E-state index contributed by atoms with van der Waals surface area (Å²) >= 11 is 0. The summed E-state index contributed by atoms with van der Waals surface area (Å²) in [5.74, 6) is 0. The van der Waals surface area contributed by atoms with Crippen molar-refractivity contribution < 1.29 is 0 Å². The number of aryl methyl sites for hydroxylation is 1. The van der Waals surface area contributed by atoms with Crippen molar-refractivity contribution in [1.82, 2.24) is 15.4 Å². The molecule has 0 bridgehead atoms. The largest absolute Gasteiger partial charge is 0.197 e. The van der Waals surface area contributed by atoms with Crippen LogP contribution >= 0.6 is 0 Å². The minimum absolute atomic E-state index is 0.862. The molecule has 0 saturated carbocycles. The first kappa shape index (κ1) is 8.94. The van der Waals surface area contributed by atoms with E-state index in [2.05, 4.69) is 34.5 Å². The first-order chi connectivity index (χ1) is 6.90. The fraction of sp³-hybridized carbons (Fsp3) is 0.273. The van der Waals surface area contributed by atoms with Crippen LogP contribution in [0.15, 0.2) is 30.3 Å². The van der Waals surface area contributed by atoms with Gasteiger partial charge in [-0.1, -0.05) is 37.3 Å². The highest BCUT2D eigenvalue weighted by molar-refractivity contribution is 5.23. The molecule has 0 unspecified atom stereocenters. The van der Waals surface area contributed by atoms with E-state index in [0.717, 1.165) is 24.2 Å². The van der Waals surface area contributed by atoms with Crippen LogP contribution in [0.3, 0.4) is 0 Å². The van der Waals surface area contributed by atoms with Crippen LogP contribution in [0, 0.1) is 0 Å². The Morgan fingerprint density at radius 2 is 1.79 bits per heavy atom. The van der Waals surface area contributed by atoms with Crippen molar-refractivity contribution in [3.63, 3.8) is 0 Å². The normalized spacial score (nSPS) is 10.4. The first-order valence-corrected chi connectivity index (χ1v) is 4.82. The lowest BCUT2D eigenvalue weighted by Gasteiger charge is -1.98. The summed E-state index contributed by atoms with van der Waals surface area (Å²) in [6.45, 7) is 2.09. The summed E-state index contributed by atoms with van der Waals surface area (Å²) in [6, 6.07) is 10.3. The number of rotatable bonds is 3. The Morgan fingerprint density at radius 3 is 2.50 bits per heavy atom. The van der Waals surface area contributed by atoms with Crippen LogP contribution in [0.5, 0.6) is 0 Å². The monoisotopic (exact) mass is 187 g/mol. The van der Waals surface area contributed by atoms with Crippen LogP contribution in [0.4, 0.5) is 0 Å². The molecular formula is C11H13N3. The molecule has 0 aliphatic heterocycles. The summed E-state index contributed by atoms with van der Waals surface area (Å²) in [7, 11) is 0. The second-order valence-corrected chi connectivity index (χ2v) is 3.23. The fourth-order valence-corrected chi connectivity index (χ4v) is 1.49. The molecule has 1 aromatic carbocycles. The molecule has 2 rings (SSSR count). The van der Waals surface area contributed by atoms with Crippen molar-refractivity contribution in [3.05, 3.63) is 47.3 Å². The van der Waals surface area contributed by atoms with Gasteiger partial charge in [-0.3, -0.25) is 0 Å². The molecule has 0 radical (unpaired) electrons. The SMILES string of the molecule is CCc1n[nH]nc1Cc1ccccc1. The maximum absolute atomic E-state index is 4.15. The van der Waals surface area contributed by atoms with E-state index in [1.54, 1.807) is 0 Å². The van der Waals surface area contributed by atoms with Crippen LogP contribution in [0.1, 0.15) is 23.9 Å². The Bertz CT molecular complexity index is 392. The molecule has 72 valence electrons. The number of benzene rings is 1. The number of aromatic nitrogens is 3. The van der Waals surface area contributed by atoms with Gasteiger partial charge in [0.15, 0.2) is 0 Å². The van der Waals surface area contributed by atoms with Gasteiger partial charge in [0, 0.05) is 6.42 Å². The minimum Gasteiger partial charge on any atom is -0.197 e. The highest BCUT2D eigenvalue weighted by atomic mass is 15.3. The van der Waals surface area contributed by atoms with Crippen molar-refractivity contribution in [3.8, 4) is 0 Å². The molecule has 0 saturated heterocycles. The van der Waals surface area contributed by atoms with Gasteiger partial charge in [0.05, 0.1) is 11.4 Å². The second-order valence-electron chi connectivity index (χ2n) is 3.23. The molecule has 1 N–H and O–H groups in total. The zero-order valence-electron chi connectivity index (χ0n) is 8.20. The van der Waals surface area contributed by atoms with Crippen molar-refractivity contribution in [2.75, 3.05) is 0 Å². The summed E-state index contributed by atoms with van der Waals surface area (Å²) in [6.07, 6.45) is 1.79. The average Bonchev–Trinajstić information content (AvgIpc) is 2.67. The number of nitrogens with zero attached hydrogens (tertiary/aromatic N) is 2. The molecule has 1 heterocycles. The van der Waals surface area contributed by atoms with E-state index in [9.17, 15) is 0 Å². The van der Waals surface area contributed by atoms with Gasteiger partial charge < -0.3 is 0 Å². The van der Waals surface area contributed by atoms with Gasteiger partial charge in [-0.05, 0) is 12.0 Å². The molecule has 2 aromatic rings. The highest BCUT2D eigenvalue weighted by Crippen LogP contribution is 2.09. The molecule has 3 heteroatoms. The lowest BCUT2D eigenvalue weighted by molar-refractivity contribution is 0.903. The number of aromatic amines is 1. The number of hydrogen-bond acceptors (Lipinski definition) is 2. The van der Waals surface area contributed by atoms with E-state index in [0.29, 0.717) is 0 Å². The standard InChI is InChI=1S/C11H13N3/c1-2-10-11(13-14-12-10)8-9-6-4-3-5-7-9/h3-7H,2,8H2,1H3,(H,12,13,14). The summed E-state index contributed by atoms with van der Waals surface area (Å²) < 4.78 is 0. The zero-order valence-corrected chi connectivity index (χ0v) is 8.20. The van der Waals surface area contributed by atoms with Crippen molar-refractivity contribution >= 4 is 0 Å². The van der Waals surface area contributed by atoms with E-state index < -0.39 is 0 Å². The van der Waals surface area contributed by atoms with Gasteiger partial charge in [-0.25, -0.2) is 0 Å². The van der Waals surface area contributed by atoms with E-state index >= 15 is 0 Å². The van der Waals surface area contributed by atoms with E-state index in [1.165, 1.54) is 5.56 Å². The van der Waals surface area contributed by atoms with Crippen LogP contribution < -0.4 is 0 Å². The fourth-order valence-electron chi connectivity index (χ4n) is 1.49. The summed E-state index contributed by atoms with van der Waals surface area (Å²) in [5.41, 5.74) is 3.39. The van der Waals surface area contributed by atoms with Gasteiger partial charge in [0.1, 0.15) is 0 Å². The van der Waals surface area contributed by atoms with Crippen molar-refractivity contribution in [2.45, 2.75) is 19.8 Å². The maximum atomic E-state index is 4.15. The van der Waals surface area contributed by atoms with Gasteiger partial charge in [0.25, 0.3) is 0 Å². The van der Waals surface area contributed by atoms with Crippen LogP contribution in [0.25, 0.3) is 0 Å². The zero-order chi connectivity index (χ0) is 9.80. The van der Waals surface area contributed by atoms with Gasteiger partial charge in [0.2, 0.25) is 0 Å². The Hall–Kier alpha value is -1.64. The Kier molecular flexibility index (Phi) is 2.58. The van der Waals surface area contributed by atoms with E-state index in [1.807, 2.05) is 18.2 Å². The molecular weight excluding hydrogens is 174 g/mol. The predicted molar refractivity (Wildman–Crippen MR) is 55.0 cm³/mol. The van der Waals surface area contributed by atoms with Gasteiger partial charge in [-0.15, -0.1) is 0 Å². The van der Waals surface area contributed by atoms with Gasteiger partial charge >= 0.3 is 0 Å². The summed E-state index contributed by atoms with van der Waals surface area (Å²) in [5, 5.41) is 10.9.